The fourth-order valence-electron chi connectivity index (χ4n) is 3.05. The molecule has 92 valence electrons. The van der Waals surface area contributed by atoms with Gasteiger partial charge in [-0.1, -0.05) is 11.6 Å². The molecule has 0 saturated carbocycles. The van der Waals surface area contributed by atoms with E-state index in [1.54, 1.807) is 0 Å². The Morgan fingerprint density at radius 2 is 2.24 bits per heavy atom. The number of aromatic nitrogens is 1. The van der Waals surface area contributed by atoms with Crippen LogP contribution in [0, 0.1) is 0 Å². The summed E-state index contributed by atoms with van der Waals surface area (Å²) in [6.07, 6.45) is 7.07. The molecule has 2 aliphatic rings. The normalized spacial score (nSPS) is 29.0. The summed E-state index contributed by atoms with van der Waals surface area (Å²) in [5.74, 6) is 0. The molecule has 0 aromatic carbocycles. The highest BCUT2D eigenvalue weighted by Crippen LogP contribution is 2.28. The van der Waals surface area contributed by atoms with Crippen LogP contribution in [0.2, 0.25) is 5.15 Å². The number of nitrogens with zero attached hydrogens (tertiary/aromatic N) is 2. The van der Waals surface area contributed by atoms with Crippen molar-refractivity contribution < 1.29 is 0 Å². The highest BCUT2D eigenvalue weighted by atomic mass is 35.5. The summed E-state index contributed by atoms with van der Waals surface area (Å²) in [5, 5.41) is 4.13. The highest BCUT2D eigenvalue weighted by molar-refractivity contribution is 6.29. The maximum absolute atomic E-state index is 5.78. The molecule has 0 amide bonds. The molecule has 0 bridgehead atoms. The van der Waals surface area contributed by atoms with Crippen molar-refractivity contribution in [3.8, 4) is 0 Å². The van der Waals surface area contributed by atoms with Crippen molar-refractivity contribution in [3.05, 3.63) is 23.5 Å². The molecule has 0 aliphatic carbocycles. The van der Waals surface area contributed by atoms with Gasteiger partial charge >= 0.3 is 0 Å². The van der Waals surface area contributed by atoms with Gasteiger partial charge in [-0.2, -0.15) is 0 Å². The summed E-state index contributed by atoms with van der Waals surface area (Å²) in [7, 11) is 0. The van der Waals surface area contributed by atoms with E-state index in [0.717, 1.165) is 11.7 Å². The zero-order valence-corrected chi connectivity index (χ0v) is 10.7. The summed E-state index contributed by atoms with van der Waals surface area (Å²) in [6.45, 7) is 2.54. The third kappa shape index (κ3) is 2.55. The smallest absolute Gasteiger partial charge is 0.129 e. The van der Waals surface area contributed by atoms with E-state index < -0.39 is 0 Å². The van der Waals surface area contributed by atoms with Crippen molar-refractivity contribution in [2.45, 2.75) is 37.8 Å². The number of hydrogen-bond donors (Lipinski definition) is 1. The van der Waals surface area contributed by atoms with E-state index in [0.29, 0.717) is 11.2 Å². The lowest BCUT2D eigenvalue weighted by Gasteiger charge is -2.35. The first kappa shape index (κ1) is 11.3. The standard InChI is InChI=1S/C13H18ClN3/c14-13-4-3-11(9-15-13)16-10-5-7-17-6-1-2-12(17)8-10/h3-4,9-10,12,16H,1-2,5-8H2. The zero-order valence-electron chi connectivity index (χ0n) is 9.90. The first-order chi connectivity index (χ1) is 8.31. The zero-order chi connectivity index (χ0) is 11.7. The molecule has 1 aromatic rings. The summed E-state index contributed by atoms with van der Waals surface area (Å²) in [4.78, 5) is 6.74. The van der Waals surface area contributed by atoms with Gasteiger partial charge in [-0.25, -0.2) is 4.98 Å². The molecule has 2 fully saturated rings. The van der Waals surface area contributed by atoms with Crippen LogP contribution in [-0.2, 0) is 0 Å². The lowest BCUT2D eigenvalue weighted by atomic mass is 9.97. The Kier molecular flexibility index (Phi) is 3.21. The Morgan fingerprint density at radius 1 is 1.29 bits per heavy atom. The maximum Gasteiger partial charge on any atom is 0.129 e. The molecule has 1 aromatic heterocycles. The number of anilines is 1. The van der Waals surface area contributed by atoms with E-state index in [2.05, 4.69) is 15.2 Å². The molecule has 0 spiro atoms. The van der Waals surface area contributed by atoms with E-state index in [1.807, 2.05) is 18.3 Å². The second-order valence-corrected chi connectivity index (χ2v) is 5.45. The van der Waals surface area contributed by atoms with Crippen molar-refractivity contribution in [2.75, 3.05) is 18.4 Å². The van der Waals surface area contributed by atoms with Gasteiger partial charge in [0.15, 0.2) is 0 Å². The Morgan fingerprint density at radius 3 is 3.06 bits per heavy atom. The molecule has 4 heteroatoms. The molecule has 17 heavy (non-hydrogen) atoms. The third-order valence-electron chi connectivity index (χ3n) is 3.92. The van der Waals surface area contributed by atoms with Crippen molar-refractivity contribution in [1.29, 1.82) is 0 Å². The van der Waals surface area contributed by atoms with E-state index in [9.17, 15) is 0 Å². The number of hydrogen-bond acceptors (Lipinski definition) is 3. The quantitative estimate of drug-likeness (QED) is 0.820. The average molecular weight is 252 g/mol. The number of rotatable bonds is 2. The number of halogens is 1. The third-order valence-corrected chi connectivity index (χ3v) is 4.14. The fourth-order valence-corrected chi connectivity index (χ4v) is 3.16. The van der Waals surface area contributed by atoms with Gasteiger partial charge in [-0.15, -0.1) is 0 Å². The largest absolute Gasteiger partial charge is 0.381 e. The van der Waals surface area contributed by atoms with Crippen LogP contribution in [0.3, 0.4) is 0 Å². The van der Waals surface area contributed by atoms with Gasteiger partial charge in [0, 0.05) is 18.6 Å². The van der Waals surface area contributed by atoms with Crippen molar-refractivity contribution in [1.82, 2.24) is 9.88 Å². The van der Waals surface area contributed by atoms with Crippen LogP contribution < -0.4 is 5.32 Å². The van der Waals surface area contributed by atoms with Crippen LogP contribution in [0.1, 0.15) is 25.7 Å². The van der Waals surface area contributed by atoms with Crippen LogP contribution in [0.15, 0.2) is 18.3 Å². The minimum atomic E-state index is 0.557. The molecule has 2 saturated heterocycles. The Balaban J connectivity index is 1.60. The maximum atomic E-state index is 5.78. The summed E-state index contributed by atoms with van der Waals surface area (Å²) in [6, 6.07) is 5.25. The lowest BCUT2D eigenvalue weighted by Crippen LogP contribution is -2.42. The Labute approximate surface area is 107 Å². The molecule has 3 rings (SSSR count). The van der Waals surface area contributed by atoms with Crippen LogP contribution in [0.5, 0.6) is 0 Å². The van der Waals surface area contributed by atoms with Crippen LogP contribution >= 0.6 is 11.6 Å². The summed E-state index contributed by atoms with van der Waals surface area (Å²) < 4.78 is 0. The van der Waals surface area contributed by atoms with E-state index >= 15 is 0 Å². The van der Waals surface area contributed by atoms with Gasteiger partial charge in [-0.05, 0) is 44.4 Å². The molecule has 3 heterocycles. The van der Waals surface area contributed by atoms with Gasteiger partial charge in [0.1, 0.15) is 5.15 Å². The summed E-state index contributed by atoms with van der Waals surface area (Å²) in [5.41, 5.74) is 1.09. The fraction of sp³-hybridized carbons (Fsp3) is 0.615. The minimum absolute atomic E-state index is 0.557. The Bertz CT molecular complexity index is 379. The Hall–Kier alpha value is -0.800. The first-order valence-electron chi connectivity index (χ1n) is 6.43. The predicted octanol–water partition coefficient (Wildman–Crippen LogP) is 2.77. The first-order valence-corrected chi connectivity index (χ1v) is 6.81. The van der Waals surface area contributed by atoms with Gasteiger partial charge < -0.3 is 10.2 Å². The van der Waals surface area contributed by atoms with Gasteiger partial charge in [0.05, 0.1) is 11.9 Å². The van der Waals surface area contributed by atoms with E-state index in [1.165, 1.54) is 38.8 Å². The molecule has 2 aliphatic heterocycles. The van der Waals surface area contributed by atoms with E-state index in [4.69, 9.17) is 11.6 Å². The number of piperidine rings is 1. The summed E-state index contributed by atoms with van der Waals surface area (Å²) >= 11 is 5.78. The monoisotopic (exact) mass is 251 g/mol. The topological polar surface area (TPSA) is 28.2 Å². The minimum Gasteiger partial charge on any atom is -0.381 e. The molecular formula is C13H18ClN3. The van der Waals surface area contributed by atoms with E-state index in [-0.39, 0.29) is 0 Å². The second-order valence-electron chi connectivity index (χ2n) is 5.07. The van der Waals surface area contributed by atoms with Gasteiger partial charge in [0.25, 0.3) is 0 Å². The highest BCUT2D eigenvalue weighted by Gasteiger charge is 2.31. The van der Waals surface area contributed by atoms with Crippen molar-refractivity contribution in [2.24, 2.45) is 0 Å². The van der Waals surface area contributed by atoms with Crippen LogP contribution in [0.4, 0.5) is 5.69 Å². The SMILES string of the molecule is Clc1ccc(NC2CCN3CCCC3C2)cn1. The van der Waals surface area contributed by atoms with Crippen LogP contribution in [0.25, 0.3) is 0 Å². The van der Waals surface area contributed by atoms with Crippen molar-refractivity contribution >= 4 is 17.3 Å². The number of nitrogens with one attached hydrogen (secondary N) is 1. The molecule has 1 N–H and O–H groups in total. The number of pyridine rings is 1. The lowest BCUT2D eigenvalue weighted by molar-refractivity contribution is 0.188. The van der Waals surface area contributed by atoms with Gasteiger partial charge in [-0.3, -0.25) is 0 Å². The molecular weight excluding hydrogens is 234 g/mol. The molecule has 0 radical (unpaired) electrons. The van der Waals surface area contributed by atoms with Crippen LogP contribution in [-0.4, -0.2) is 35.1 Å². The van der Waals surface area contributed by atoms with Gasteiger partial charge in [0.2, 0.25) is 0 Å². The molecule has 3 nitrogen and oxygen atoms in total. The average Bonchev–Trinajstić information content (AvgIpc) is 2.79. The molecule has 2 unspecified atom stereocenters. The van der Waals surface area contributed by atoms with Crippen molar-refractivity contribution in [3.63, 3.8) is 0 Å². The number of fused-ring (bicyclic) bond motifs is 1. The predicted molar refractivity (Wildman–Crippen MR) is 70.5 cm³/mol. The molecule has 2 atom stereocenters. The second kappa shape index (κ2) is 4.83.